The number of ether oxygens (including phenoxy) is 1. The normalized spacial score (nSPS) is 18.2. The van der Waals surface area contributed by atoms with Crippen molar-refractivity contribution in [2.24, 2.45) is 0 Å². The number of hydrogen-bond donors (Lipinski definition) is 5. The number of hydrogen-bond acceptors (Lipinski definition) is 13. The van der Waals surface area contributed by atoms with E-state index in [1.807, 2.05) is 13.0 Å². The van der Waals surface area contributed by atoms with Crippen LogP contribution in [0.4, 0.5) is 4.39 Å². The van der Waals surface area contributed by atoms with Gasteiger partial charge in [-0.1, -0.05) is 43.7 Å². The molecule has 2 aromatic heterocycles. The highest BCUT2D eigenvalue weighted by Crippen LogP contribution is 2.47. The van der Waals surface area contributed by atoms with E-state index in [-0.39, 0.29) is 86.3 Å². The molecule has 0 radical (unpaired) electrons. The van der Waals surface area contributed by atoms with Crippen LogP contribution in [0, 0.1) is 12.7 Å². The van der Waals surface area contributed by atoms with Crippen LogP contribution in [0.25, 0.3) is 22.3 Å². The van der Waals surface area contributed by atoms with E-state index >= 15 is 4.39 Å². The van der Waals surface area contributed by atoms with E-state index in [1.165, 1.54) is 18.2 Å². The zero-order valence-corrected chi connectivity index (χ0v) is 41.9. The maximum atomic E-state index is 15.5. The molecule has 394 valence electrons. The number of cyclic esters (lactones) is 1. The molecule has 1 aliphatic carbocycles. The van der Waals surface area contributed by atoms with Gasteiger partial charge in [0.05, 0.1) is 60.7 Å². The summed E-state index contributed by atoms with van der Waals surface area (Å²) >= 11 is 0. The van der Waals surface area contributed by atoms with Crippen LogP contribution in [0.1, 0.15) is 109 Å². The number of pyridine rings is 2. The number of nitrogens with one attached hydrogen (secondary N) is 5. The molecule has 3 atom stereocenters. The minimum Gasteiger partial charge on any atom is -0.460 e. The molecule has 75 heavy (non-hydrogen) atoms. The molecule has 2 aromatic carbocycles. The van der Waals surface area contributed by atoms with Crippen molar-refractivity contribution in [3.8, 4) is 11.4 Å². The Hall–Kier alpha value is -7.65. The summed E-state index contributed by atoms with van der Waals surface area (Å²) in [5, 5.41) is 11.0. The molecular formula is C54H60FN9O11. The lowest BCUT2D eigenvalue weighted by Gasteiger charge is -2.40. The predicted molar refractivity (Wildman–Crippen MR) is 268 cm³/mol. The number of carbonyl (C=O) groups is 8. The second kappa shape index (κ2) is 22.9. The Morgan fingerprint density at radius 3 is 2.31 bits per heavy atom. The maximum absolute atomic E-state index is 15.5. The third-order valence-electron chi connectivity index (χ3n) is 14.9. The summed E-state index contributed by atoms with van der Waals surface area (Å²) in [5.41, 5.74) is 9.31. The molecule has 5 aliphatic rings. The summed E-state index contributed by atoms with van der Waals surface area (Å²) in [6.07, 6.45) is 6.87. The van der Waals surface area contributed by atoms with Gasteiger partial charge in [0.2, 0.25) is 23.6 Å². The van der Waals surface area contributed by atoms with E-state index in [0.717, 1.165) is 32.5 Å². The number of aromatic nitrogens is 2. The highest BCUT2D eigenvalue weighted by atomic mass is 19.1. The Morgan fingerprint density at radius 1 is 0.840 bits per heavy atom. The average molecular weight is 1030 g/mol. The molecule has 1 fully saturated rings. The monoisotopic (exact) mass is 1030 g/mol. The van der Waals surface area contributed by atoms with Crippen molar-refractivity contribution in [2.45, 2.75) is 115 Å². The van der Waals surface area contributed by atoms with E-state index < -0.39 is 48.7 Å². The van der Waals surface area contributed by atoms with Gasteiger partial charge in [-0.2, -0.15) is 0 Å². The molecule has 1 saturated heterocycles. The van der Waals surface area contributed by atoms with Crippen LogP contribution in [-0.4, -0.2) is 118 Å². The SMILES string of the molecule is CC[C@@H]1C(=O)OCc2c1cc1n(c2=O)Cc2c-1nc1cc(F)c(C)c3c1c2[C@H](N1CCC(ONC(=O)CNC(=O)[C@H](Cc2ccccc2)NC(=O)CNC(=O)CNC(=O)CCCCCN2C(=O)C=CC2=O)CC1)CC3. The molecule has 9 rings (SSSR count). The zero-order chi connectivity index (χ0) is 52.9. The summed E-state index contributed by atoms with van der Waals surface area (Å²) in [5.74, 6) is -4.91. The molecule has 7 amide bonds. The number of benzene rings is 2. The first-order valence-corrected chi connectivity index (χ1v) is 25.6. The van der Waals surface area contributed by atoms with Gasteiger partial charge < -0.3 is 30.6 Å². The van der Waals surface area contributed by atoms with E-state index in [4.69, 9.17) is 14.6 Å². The number of nitrogens with zero attached hydrogens (tertiary/aromatic N) is 4. The lowest BCUT2D eigenvalue weighted by Crippen LogP contribution is -2.52. The van der Waals surface area contributed by atoms with Gasteiger partial charge in [-0.05, 0) is 85.8 Å². The Bertz CT molecular complexity index is 3040. The lowest BCUT2D eigenvalue weighted by atomic mass is 9.80. The van der Waals surface area contributed by atoms with Crippen LogP contribution in [0.5, 0.6) is 0 Å². The Balaban J connectivity index is 0.752. The summed E-state index contributed by atoms with van der Waals surface area (Å²) in [6.45, 7) is 4.04. The maximum Gasteiger partial charge on any atom is 0.313 e. The molecule has 21 heteroatoms. The number of amides is 7. The van der Waals surface area contributed by atoms with Gasteiger partial charge in [-0.25, -0.2) is 14.9 Å². The molecule has 0 saturated carbocycles. The second-order valence-electron chi connectivity index (χ2n) is 19.6. The minimum absolute atomic E-state index is 0.0740. The van der Waals surface area contributed by atoms with Gasteiger partial charge >= 0.3 is 5.97 Å². The molecule has 0 spiro atoms. The Kier molecular flexibility index (Phi) is 15.9. The first kappa shape index (κ1) is 52.2. The van der Waals surface area contributed by atoms with Crippen molar-refractivity contribution in [1.82, 2.24) is 46.1 Å². The summed E-state index contributed by atoms with van der Waals surface area (Å²) in [4.78, 5) is 129. The minimum atomic E-state index is -1.11. The van der Waals surface area contributed by atoms with Crippen LogP contribution < -0.4 is 32.3 Å². The number of halogens is 1. The molecular weight excluding hydrogens is 970 g/mol. The summed E-state index contributed by atoms with van der Waals surface area (Å²) in [7, 11) is 0. The van der Waals surface area contributed by atoms with E-state index in [9.17, 15) is 43.2 Å². The van der Waals surface area contributed by atoms with Crippen molar-refractivity contribution in [2.75, 3.05) is 39.3 Å². The zero-order valence-electron chi connectivity index (χ0n) is 41.9. The highest BCUT2D eigenvalue weighted by Gasteiger charge is 2.40. The van der Waals surface area contributed by atoms with Crippen molar-refractivity contribution in [3.63, 3.8) is 0 Å². The molecule has 20 nitrogen and oxygen atoms in total. The lowest BCUT2D eigenvalue weighted by molar-refractivity contribution is -0.148. The fourth-order valence-corrected chi connectivity index (χ4v) is 10.9. The van der Waals surface area contributed by atoms with Gasteiger partial charge in [-0.3, -0.25) is 57.8 Å². The van der Waals surface area contributed by atoms with Crippen molar-refractivity contribution < 1.29 is 52.3 Å². The predicted octanol–water partition coefficient (Wildman–Crippen LogP) is 2.48. The highest BCUT2D eigenvalue weighted by molar-refractivity contribution is 6.12. The van der Waals surface area contributed by atoms with Crippen molar-refractivity contribution >= 4 is 58.2 Å². The van der Waals surface area contributed by atoms with Crippen LogP contribution in [-0.2, 0) is 73.9 Å². The van der Waals surface area contributed by atoms with Crippen molar-refractivity contribution in [3.05, 3.63) is 110 Å². The number of fused-ring (bicyclic) bond motifs is 5. The van der Waals surface area contributed by atoms with Crippen LogP contribution in [0.2, 0.25) is 0 Å². The Labute approximate surface area is 431 Å². The smallest absolute Gasteiger partial charge is 0.313 e. The second-order valence-corrected chi connectivity index (χ2v) is 19.6. The number of rotatable bonds is 20. The standard InChI is InChI=1S/C54H60FN9O11/c1-3-33-35-23-42-51-36(28-64(42)53(72)37(35)29-74-54(33)73)50-41(14-13-34-30(2)38(55)24-39(60-51)49(34)50)62-20-17-32(18-21-62)75-61-46(68)27-58-52(71)40(22-31-10-6-4-7-11-31)59-45(67)26-57-44(66)25-56-43(65)12-8-5-9-19-63-47(69)15-16-48(63)70/h4,6-7,10-11,15-16,23-24,32-33,40-41H,3,5,8-9,12-14,17-22,25-29H2,1-2H3,(H,56,65)(H,57,66)(H,58,71)(H,59,67)(H,61,68)/t33-,40-,41+/m0/s1. The van der Waals surface area contributed by atoms with Crippen LogP contribution in [0.3, 0.4) is 0 Å². The third-order valence-corrected chi connectivity index (χ3v) is 14.9. The molecule has 0 unspecified atom stereocenters. The first-order valence-electron chi connectivity index (χ1n) is 25.6. The van der Waals surface area contributed by atoms with Gasteiger partial charge in [-0.15, -0.1) is 0 Å². The van der Waals surface area contributed by atoms with Crippen LogP contribution in [0.15, 0.2) is 59.4 Å². The first-order chi connectivity index (χ1) is 36.2. The third kappa shape index (κ3) is 11.4. The van der Waals surface area contributed by atoms with Crippen LogP contribution >= 0.6 is 0 Å². The van der Waals surface area contributed by atoms with Gasteiger partial charge in [0.25, 0.3) is 23.3 Å². The number of piperidine rings is 1. The number of imide groups is 1. The van der Waals surface area contributed by atoms with Gasteiger partial charge in [0.15, 0.2) is 0 Å². The van der Waals surface area contributed by atoms with E-state index in [2.05, 4.69) is 31.6 Å². The van der Waals surface area contributed by atoms with E-state index in [0.29, 0.717) is 98.1 Å². The largest absolute Gasteiger partial charge is 0.460 e. The van der Waals surface area contributed by atoms with Gasteiger partial charge in [0.1, 0.15) is 18.5 Å². The van der Waals surface area contributed by atoms with Gasteiger partial charge in [0, 0.05) is 67.7 Å². The number of esters is 1. The molecule has 4 aliphatic heterocycles. The molecule has 4 aromatic rings. The summed E-state index contributed by atoms with van der Waals surface area (Å²) in [6, 6.07) is 11.1. The topological polar surface area (TPSA) is 257 Å². The van der Waals surface area contributed by atoms with E-state index in [1.54, 1.807) is 41.8 Å². The number of carbonyl (C=O) groups excluding carboxylic acids is 8. The molecule has 6 heterocycles. The fourth-order valence-electron chi connectivity index (χ4n) is 10.9. The molecule has 0 bridgehead atoms. The average Bonchev–Trinajstić information content (AvgIpc) is 3.96. The fraction of sp³-hybridized carbons (Fsp3) is 0.444. The number of unbranched alkanes of at least 4 members (excludes halogenated alkanes) is 2. The number of aryl methyl sites for hydroxylation is 1. The number of likely N-dealkylation sites (tertiary alicyclic amines) is 1. The summed E-state index contributed by atoms with van der Waals surface area (Å²) < 4.78 is 22.6. The van der Waals surface area contributed by atoms with Crippen molar-refractivity contribution in [1.29, 1.82) is 0 Å². The quantitative estimate of drug-likeness (QED) is 0.0326. The number of hydroxylamine groups is 1. The molecule has 5 N–H and O–H groups in total. The Morgan fingerprint density at radius 2 is 1.56 bits per heavy atom.